The lowest BCUT2D eigenvalue weighted by Crippen LogP contribution is -2.23. The van der Waals surface area contributed by atoms with Crippen LogP contribution in [-0.2, 0) is 22.8 Å². The van der Waals surface area contributed by atoms with Gasteiger partial charge in [-0.1, -0.05) is 123 Å². The Bertz CT molecular complexity index is 2210. The number of ether oxygens (including phenoxy) is 4. The van der Waals surface area contributed by atoms with Crippen molar-refractivity contribution >= 4 is 22.7 Å². The van der Waals surface area contributed by atoms with E-state index < -0.39 is 0 Å². The number of carbonyl (C=O) groups excluding carboxylic acids is 2. The molecule has 6 aromatic carbocycles. The van der Waals surface area contributed by atoms with E-state index in [0.717, 1.165) is 69.2 Å². The molecule has 0 spiro atoms. The van der Waals surface area contributed by atoms with Crippen LogP contribution in [0.4, 0.5) is 0 Å². The number of carbonyl (C=O) groups is 2. The lowest BCUT2D eigenvalue weighted by Gasteiger charge is -2.28. The van der Waals surface area contributed by atoms with Crippen LogP contribution in [0.15, 0.2) is 170 Å². The number of methoxy groups -OCH3 is 2. The van der Waals surface area contributed by atoms with E-state index in [1.165, 1.54) is 11.1 Å². The molecule has 6 heteroatoms. The molecular formula is C54H52O6. The topological polar surface area (TPSA) is 71.1 Å². The minimum atomic E-state index is -0.0388. The Kier molecular flexibility index (Phi) is 13.7. The first-order valence-corrected chi connectivity index (χ1v) is 20.6. The average Bonchev–Trinajstić information content (AvgIpc) is 3.30. The molecule has 2 aliphatic carbocycles. The Morgan fingerprint density at radius 3 is 1.10 bits per heavy atom. The van der Waals surface area contributed by atoms with E-state index in [2.05, 4.69) is 48.5 Å². The highest BCUT2D eigenvalue weighted by Gasteiger charge is 2.31. The first-order chi connectivity index (χ1) is 29.3. The molecule has 304 valence electrons. The molecule has 0 bridgehead atoms. The summed E-state index contributed by atoms with van der Waals surface area (Å²) < 4.78 is 22.3. The SMILES string of the molecule is COc1ccc(C2=CC(=O)[C@@H](C)[C@H](c3ccc(OCc4ccccc4)cc3)C2)cc1.COc1ccc(C2=CC(=O)[C@H](C)[C@@H](c3ccc(OCc4ccccc4)cc3)C2)cc1. The third-order valence-electron chi connectivity index (χ3n) is 11.7. The molecule has 0 saturated carbocycles. The van der Waals surface area contributed by atoms with Gasteiger partial charge in [-0.3, -0.25) is 9.59 Å². The third kappa shape index (κ3) is 10.5. The molecule has 2 aliphatic rings. The molecule has 0 amide bonds. The second-order valence-corrected chi connectivity index (χ2v) is 15.5. The molecule has 4 atom stereocenters. The second kappa shape index (κ2) is 19.9. The summed E-state index contributed by atoms with van der Waals surface area (Å²) in [5, 5.41) is 0. The Hall–Kier alpha value is -6.66. The highest BCUT2D eigenvalue weighted by molar-refractivity contribution is 6.01. The molecule has 60 heavy (non-hydrogen) atoms. The van der Waals surface area contributed by atoms with Gasteiger partial charge in [0.2, 0.25) is 0 Å². The van der Waals surface area contributed by atoms with Gasteiger partial charge in [-0.2, -0.15) is 0 Å². The highest BCUT2D eigenvalue weighted by Crippen LogP contribution is 2.41. The maximum atomic E-state index is 12.7. The second-order valence-electron chi connectivity index (χ2n) is 15.5. The summed E-state index contributed by atoms with van der Waals surface area (Å²) in [5.74, 6) is 3.90. The smallest absolute Gasteiger partial charge is 0.159 e. The summed E-state index contributed by atoms with van der Waals surface area (Å²) in [6.07, 6.45) is 5.29. The van der Waals surface area contributed by atoms with Gasteiger partial charge in [0.25, 0.3) is 0 Å². The summed E-state index contributed by atoms with van der Waals surface area (Å²) in [6, 6.07) is 52.4. The summed E-state index contributed by atoms with van der Waals surface area (Å²) in [6.45, 7) is 5.13. The fraction of sp³-hybridized carbons (Fsp3) is 0.222. The molecule has 0 radical (unpaired) electrons. The summed E-state index contributed by atoms with van der Waals surface area (Å²) in [7, 11) is 3.31. The van der Waals surface area contributed by atoms with Crippen LogP contribution >= 0.6 is 0 Å². The number of ketones is 2. The summed E-state index contributed by atoms with van der Waals surface area (Å²) in [4.78, 5) is 25.4. The van der Waals surface area contributed by atoms with E-state index >= 15 is 0 Å². The molecule has 8 rings (SSSR count). The Labute approximate surface area is 354 Å². The Morgan fingerprint density at radius 1 is 0.433 bits per heavy atom. The fourth-order valence-electron chi connectivity index (χ4n) is 7.88. The van der Waals surface area contributed by atoms with Crippen LogP contribution in [-0.4, -0.2) is 25.8 Å². The van der Waals surface area contributed by atoms with E-state index in [1.54, 1.807) is 26.4 Å². The van der Waals surface area contributed by atoms with Gasteiger partial charge < -0.3 is 18.9 Å². The molecule has 0 N–H and O–H groups in total. The Morgan fingerprint density at radius 2 is 0.767 bits per heavy atom. The lowest BCUT2D eigenvalue weighted by atomic mass is 9.74. The van der Waals surface area contributed by atoms with Crippen molar-refractivity contribution in [3.8, 4) is 23.0 Å². The van der Waals surface area contributed by atoms with Gasteiger partial charge >= 0.3 is 0 Å². The fourth-order valence-corrected chi connectivity index (χ4v) is 7.88. The van der Waals surface area contributed by atoms with Crippen molar-refractivity contribution in [2.45, 2.75) is 51.7 Å². The maximum Gasteiger partial charge on any atom is 0.159 e. The van der Waals surface area contributed by atoms with Crippen LogP contribution in [0.3, 0.4) is 0 Å². The number of allylic oxidation sites excluding steroid dienone is 4. The van der Waals surface area contributed by atoms with E-state index in [9.17, 15) is 9.59 Å². The van der Waals surface area contributed by atoms with Gasteiger partial charge in [0.15, 0.2) is 11.6 Å². The van der Waals surface area contributed by atoms with Crippen LogP contribution in [0.1, 0.15) is 71.9 Å². The molecule has 0 fully saturated rings. The minimum Gasteiger partial charge on any atom is -0.497 e. The van der Waals surface area contributed by atoms with Crippen LogP contribution in [0.5, 0.6) is 23.0 Å². The third-order valence-corrected chi connectivity index (χ3v) is 11.7. The largest absolute Gasteiger partial charge is 0.497 e. The van der Waals surface area contributed by atoms with Gasteiger partial charge in [0, 0.05) is 11.8 Å². The van der Waals surface area contributed by atoms with E-state index in [4.69, 9.17) is 18.9 Å². The zero-order chi connectivity index (χ0) is 41.8. The molecule has 0 unspecified atom stereocenters. The average molecular weight is 797 g/mol. The van der Waals surface area contributed by atoms with Crippen molar-refractivity contribution in [1.29, 1.82) is 0 Å². The number of benzene rings is 6. The molecular weight excluding hydrogens is 745 g/mol. The van der Waals surface area contributed by atoms with Gasteiger partial charge in [0.1, 0.15) is 36.2 Å². The monoisotopic (exact) mass is 796 g/mol. The first-order valence-electron chi connectivity index (χ1n) is 20.6. The molecule has 6 nitrogen and oxygen atoms in total. The normalized spacial score (nSPS) is 18.6. The summed E-state index contributed by atoms with van der Waals surface area (Å²) in [5.41, 5.74) is 8.92. The van der Waals surface area contributed by atoms with Crippen LogP contribution < -0.4 is 18.9 Å². The molecule has 0 saturated heterocycles. The van der Waals surface area contributed by atoms with E-state index in [0.29, 0.717) is 13.2 Å². The van der Waals surface area contributed by atoms with Gasteiger partial charge in [-0.05, 0) is 130 Å². The number of hydrogen-bond acceptors (Lipinski definition) is 6. The Balaban J connectivity index is 0.000000181. The molecule has 0 heterocycles. The summed E-state index contributed by atoms with van der Waals surface area (Å²) >= 11 is 0. The molecule has 6 aromatic rings. The number of hydrogen-bond donors (Lipinski definition) is 0. The first kappa shape index (κ1) is 41.5. The predicted molar refractivity (Wildman–Crippen MR) is 239 cm³/mol. The minimum absolute atomic E-state index is 0.0388. The predicted octanol–water partition coefficient (Wildman–Crippen LogP) is 12.1. The van der Waals surface area contributed by atoms with E-state index in [-0.39, 0.29) is 35.2 Å². The lowest BCUT2D eigenvalue weighted by molar-refractivity contribution is -0.119. The van der Waals surface area contributed by atoms with Crippen molar-refractivity contribution in [2.75, 3.05) is 14.2 Å². The quantitative estimate of drug-likeness (QED) is 0.123. The highest BCUT2D eigenvalue weighted by atomic mass is 16.5. The van der Waals surface area contributed by atoms with Crippen LogP contribution in [0.2, 0.25) is 0 Å². The van der Waals surface area contributed by atoms with Crippen molar-refractivity contribution in [1.82, 2.24) is 0 Å². The zero-order valence-electron chi connectivity index (χ0n) is 34.8. The molecule has 0 aromatic heterocycles. The zero-order valence-corrected chi connectivity index (χ0v) is 34.8. The van der Waals surface area contributed by atoms with E-state index in [1.807, 2.05) is 123 Å². The standard InChI is InChI=1S/2C27H26O3/c2*1-19-26(16-23(17-27(19)28)21-8-12-24(29-2)13-9-21)22-10-14-25(15-11-22)30-18-20-6-4-3-5-7-20/h2*3-15,17,19,26H,16,18H2,1-2H3/t2*19-,26+/m10/s1. The van der Waals surface area contributed by atoms with Crippen LogP contribution in [0, 0.1) is 11.8 Å². The van der Waals surface area contributed by atoms with Crippen molar-refractivity contribution in [3.63, 3.8) is 0 Å². The van der Waals surface area contributed by atoms with Crippen molar-refractivity contribution < 1.29 is 28.5 Å². The molecule has 0 aliphatic heterocycles. The van der Waals surface area contributed by atoms with Gasteiger partial charge in [0.05, 0.1) is 14.2 Å². The van der Waals surface area contributed by atoms with Crippen molar-refractivity contribution in [3.05, 3.63) is 203 Å². The van der Waals surface area contributed by atoms with Crippen LogP contribution in [0.25, 0.3) is 11.1 Å². The van der Waals surface area contributed by atoms with Crippen molar-refractivity contribution in [2.24, 2.45) is 11.8 Å². The number of rotatable bonds is 12. The maximum absolute atomic E-state index is 12.7. The van der Waals surface area contributed by atoms with Gasteiger partial charge in [-0.25, -0.2) is 0 Å². The van der Waals surface area contributed by atoms with Gasteiger partial charge in [-0.15, -0.1) is 0 Å².